The molecule has 38 heavy (non-hydrogen) atoms. The average Bonchev–Trinajstić information content (AvgIpc) is 3.16. The average molecular weight is 576 g/mol. The van der Waals surface area contributed by atoms with Crippen molar-refractivity contribution in [3.63, 3.8) is 0 Å². The number of nitrogens with one attached hydrogen (secondary N) is 1. The molecule has 2 fully saturated rings. The van der Waals surface area contributed by atoms with E-state index in [9.17, 15) is 9.59 Å². The van der Waals surface area contributed by atoms with Crippen molar-refractivity contribution in [2.45, 2.75) is 13.0 Å². The van der Waals surface area contributed by atoms with Crippen molar-refractivity contribution in [2.75, 3.05) is 62.2 Å². The summed E-state index contributed by atoms with van der Waals surface area (Å²) in [6.07, 6.45) is 0.745. The smallest absolute Gasteiger partial charge is 0.255 e. The first-order valence-electron chi connectivity index (χ1n) is 12.7. The number of benzene rings is 2. The van der Waals surface area contributed by atoms with Gasteiger partial charge in [-0.05, 0) is 36.8 Å². The molecular formula is C27H29Cl3N6O2. The van der Waals surface area contributed by atoms with Gasteiger partial charge < -0.3 is 14.7 Å². The molecule has 0 radical (unpaired) electrons. The van der Waals surface area contributed by atoms with Gasteiger partial charge in [0, 0.05) is 70.0 Å². The summed E-state index contributed by atoms with van der Waals surface area (Å²) >= 11 is 18.6. The normalized spacial score (nSPS) is 17.0. The fourth-order valence-corrected chi connectivity index (χ4v) is 5.72. The number of para-hydroxylation sites is 1. The van der Waals surface area contributed by atoms with E-state index in [1.807, 2.05) is 29.2 Å². The number of hydrogen-bond acceptors (Lipinski definition) is 6. The lowest BCUT2D eigenvalue weighted by Gasteiger charge is -2.36. The third-order valence-electron chi connectivity index (χ3n) is 6.98. The van der Waals surface area contributed by atoms with Crippen LogP contribution in [0.2, 0.25) is 15.1 Å². The van der Waals surface area contributed by atoms with Crippen molar-refractivity contribution in [3.05, 3.63) is 85.2 Å². The first-order chi connectivity index (χ1) is 18.4. The summed E-state index contributed by atoms with van der Waals surface area (Å²) < 4.78 is 0. The Kier molecular flexibility index (Phi) is 8.43. The minimum absolute atomic E-state index is 0.125. The highest BCUT2D eigenvalue weighted by molar-refractivity contribution is 6.36. The van der Waals surface area contributed by atoms with Gasteiger partial charge in [-0.3, -0.25) is 19.5 Å². The lowest BCUT2D eigenvalue weighted by molar-refractivity contribution is 0.0767. The number of aromatic amines is 1. The molecule has 0 saturated carbocycles. The van der Waals surface area contributed by atoms with Crippen LogP contribution in [0.1, 0.15) is 22.5 Å². The highest BCUT2D eigenvalue weighted by atomic mass is 35.5. The van der Waals surface area contributed by atoms with Gasteiger partial charge in [0.1, 0.15) is 0 Å². The highest BCUT2D eigenvalue weighted by Crippen LogP contribution is 2.26. The molecule has 0 atom stereocenters. The molecule has 2 aliphatic heterocycles. The molecule has 5 rings (SSSR count). The number of nitrogens with zero attached hydrogens (tertiary/aromatic N) is 5. The van der Waals surface area contributed by atoms with Gasteiger partial charge in [0.25, 0.3) is 11.5 Å². The standard InChI is InChI=1S/C27H29Cl3N6O2/c28-19-6-7-21(23(30)16-19)26(38)35-8-3-9-36(15-14-35)27-31-20(17-25(37)32-27)18-33-10-12-34(13-11-33)24-5-2-1-4-22(24)29/h1-2,4-7,16-17H,3,8-15,18H2,(H,31,32,37). The Morgan fingerprint density at radius 2 is 1.61 bits per heavy atom. The second kappa shape index (κ2) is 11.9. The summed E-state index contributed by atoms with van der Waals surface area (Å²) in [4.78, 5) is 41.7. The molecule has 0 spiro atoms. The van der Waals surface area contributed by atoms with Crippen molar-refractivity contribution in [1.29, 1.82) is 0 Å². The van der Waals surface area contributed by atoms with E-state index in [4.69, 9.17) is 39.8 Å². The van der Waals surface area contributed by atoms with Crippen LogP contribution in [0.25, 0.3) is 0 Å². The number of carbonyl (C=O) groups is 1. The molecule has 3 heterocycles. The van der Waals surface area contributed by atoms with Gasteiger partial charge in [-0.15, -0.1) is 0 Å². The summed E-state index contributed by atoms with van der Waals surface area (Å²) in [6, 6.07) is 14.4. The third kappa shape index (κ3) is 6.26. The minimum Gasteiger partial charge on any atom is -0.368 e. The monoisotopic (exact) mass is 574 g/mol. The molecule has 0 unspecified atom stereocenters. The molecule has 1 amide bonds. The number of piperazine rings is 1. The number of aromatic nitrogens is 2. The van der Waals surface area contributed by atoms with E-state index in [0.717, 1.165) is 49.0 Å². The molecule has 11 heteroatoms. The second-order valence-electron chi connectivity index (χ2n) is 9.53. The van der Waals surface area contributed by atoms with Gasteiger partial charge in [0.2, 0.25) is 5.95 Å². The van der Waals surface area contributed by atoms with Gasteiger partial charge in [-0.25, -0.2) is 4.98 Å². The molecule has 0 bridgehead atoms. The molecule has 0 aliphatic carbocycles. The number of rotatable bonds is 5. The summed E-state index contributed by atoms with van der Waals surface area (Å²) in [6.45, 7) is 6.33. The highest BCUT2D eigenvalue weighted by Gasteiger charge is 2.24. The number of amides is 1. The molecular weight excluding hydrogens is 547 g/mol. The van der Waals surface area contributed by atoms with Crippen molar-refractivity contribution >= 4 is 52.3 Å². The predicted molar refractivity (Wildman–Crippen MR) is 153 cm³/mol. The Morgan fingerprint density at radius 3 is 2.37 bits per heavy atom. The van der Waals surface area contributed by atoms with Crippen LogP contribution in [0.15, 0.2) is 53.3 Å². The lowest BCUT2D eigenvalue weighted by Crippen LogP contribution is -2.46. The maximum Gasteiger partial charge on any atom is 0.255 e. The number of hydrogen-bond donors (Lipinski definition) is 1. The molecule has 1 N–H and O–H groups in total. The Labute approximate surface area is 236 Å². The molecule has 2 aromatic carbocycles. The zero-order valence-corrected chi connectivity index (χ0v) is 23.1. The Hall–Kier alpha value is -2.78. The maximum atomic E-state index is 13.1. The Morgan fingerprint density at radius 1 is 0.842 bits per heavy atom. The van der Waals surface area contributed by atoms with E-state index in [0.29, 0.717) is 54.3 Å². The fourth-order valence-electron chi connectivity index (χ4n) is 4.97. The van der Waals surface area contributed by atoms with Gasteiger partial charge in [0.15, 0.2) is 0 Å². The van der Waals surface area contributed by atoms with Crippen LogP contribution >= 0.6 is 34.8 Å². The zero-order chi connectivity index (χ0) is 26.6. The van der Waals surface area contributed by atoms with Crippen LogP contribution in [-0.2, 0) is 6.54 Å². The zero-order valence-electron chi connectivity index (χ0n) is 20.9. The van der Waals surface area contributed by atoms with Crippen LogP contribution in [-0.4, -0.2) is 78.0 Å². The molecule has 2 saturated heterocycles. The van der Waals surface area contributed by atoms with Gasteiger partial charge >= 0.3 is 0 Å². The molecule has 2 aliphatic rings. The van der Waals surface area contributed by atoms with Gasteiger partial charge in [0.05, 0.1) is 27.0 Å². The topological polar surface area (TPSA) is 75.8 Å². The number of halogens is 3. The Bertz CT molecular complexity index is 1360. The van der Waals surface area contributed by atoms with Crippen molar-refractivity contribution in [2.24, 2.45) is 0 Å². The van der Waals surface area contributed by atoms with Gasteiger partial charge in [-0.1, -0.05) is 46.9 Å². The fraction of sp³-hybridized carbons (Fsp3) is 0.370. The number of H-pyrrole nitrogens is 1. The minimum atomic E-state index is -0.176. The second-order valence-corrected chi connectivity index (χ2v) is 10.8. The number of anilines is 2. The first kappa shape index (κ1) is 26.8. The predicted octanol–water partition coefficient (Wildman–Crippen LogP) is 4.40. The van der Waals surface area contributed by atoms with E-state index in [1.165, 1.54) is 0 Å². The molecule has 8 nitrogen and oxygen atoms in total. The first-order valence-corrected chi connectivity index (χ1v) is 13.8. The third-order valence-corrected chi connectivity index (χ3v) is 7.84. The van der Waals surface area contributed by atoms with E-state index in [-0.39, 0.29) is 11.5 Å². The summed E-state index contributed by atoms with van der Waals surface area (Å²) in [5, 5.41) is 1.59. The SMILES string of the molecule is O=C(c1ccc(Cl)cc1Cl)N1CCCN(c2nc(CN3CCN(c4ccccc4Cl)CC3)cc(=O)[nH]2)CC1. The van der Waals surface area contributed by atoms with Crippen LogP contribution in [0.5, 0.6) is 0 Å². The number of carbonyl (C=O) groups excluding carboxylic acids is 1. The lowest BCUT2D eigenvalue weighted by atomic mass is 10.2. The van der Waals surface area contributed by atoms with E-state index < -0.39 is 0 Å². The van der Waals surface area contributed by atoms with E-state index >= 15 is 0 Å². The van der Waals surface area contributed by atoms with Crippen LogP contribution in [0, 0.1) is 0 Å². The van der Waals surface area contributed by atoms with Crippen LogP contribution < -0.4 is 15.4 Å². The summed E-state index contributed by atoms with van der Waals surface area (Å²) in [5.74, 6) is 0.417. The van der Waals surface area contributed by atoms with Gasteiger partial charge in [-0.2, -0.15) is 0 Å². The summed E-state index contributed by atoms with van der Waals surface area (Å²) in [7, 11) is 0. The van der Waals surface area contributed by atoms with E-state index in [2.05, 4.69) is 14.8 Å². The summed E-state index contributed by atoms with van der Waals surface area (Å²) in [5.41, 5.74) is 2.05. The molecule has 1 aromatic heterocycles. The van der Waals surface area contributed by atoms with Crippen molar-refractivity contribution < 1.29 is 4.79 Å². The quantitative estimate of drug-likeness (QED) is 0.486. The largest absolute Gasteiger partial charge is 0.368 e. The Balaban J connectivity index is 1.21. The maximum absolute atomic E-state index is 13.1. The van der Waals surface area contributed by atoms with Crippen molar-refractivity contribution in [1.82, 2.24) is 19.8 Å². The molecule has 200 valence electrons. The molecule has 3 aromatic rings. The van der Waals surface area contributed by atoms with Crippen LogP contribution in [0.4, 0.5) is 11.6 Å². The van der Waals surface area contributed by atoms with Crippen molar-refractivity contribution in [3.8, 4) is 0 Å². The van der Waals surface area contributed by atoms with E-state index in [1.54, 1.807) is 29.2 Å². The van der Waals surface area contributed by atoms with Crippen LogP contribution in [0.3, 0.4) is 0 Å².